The number of rotatable bonds is 3. The highest BCUT2D eigenvalue weighted by Gasteiger charge is 2.42. The second-order valence-electron chi connectivity index (χ2n) is 7.33. The number of aryl methyl sites for hydroxylation is 1. The zero-order valence-electron chi connectivity index (χ0n) is 15.0. The van der Waals surface area contributed by atoms with E-state index in [1.165, 1.54) is 6.20 Å². The van der Waals surface area contributed by atoms with Crippen LogP contribution in [0.25, 0.3) is 0 Å². The lowest BCUT2D eigenvalue weighted by Gasteiger charge is -2.32. The van der Waals surface area contributed by atoms with Crippen molar-refractivity contribution in [3.8, 4) is 0 Å². The van der Waals surface area contributed by atoms with Gasteiger partial charge in [-0.2, -0.15) is 10.2 Å². The number of carbonyl (C=O) groups excluding carboxylic acids is 1. The van der Waals surface area contributed by atoms with Crippen LogP contribution in [0.15, 0.2) is 30.9 Å². The van der Waals surface area contributed by atoms with Crippen molar-refractivity contribution in [1.29, 1.82) is 0 Å². The first kappa shape index (κ1) is 17.1. The molecule has 4 heterocycles. The fourth-order valence-corrected chi connectivity index (χ4v) is 3.92. The summed E-state index contributed by atoms with van der Waals surface area (Å²) in [6.07, 6.45) is 7.91. The summed E-state index contributed by atoms with van der Waals surface area (Å²) in [6.45, 7) is 5.34. The quantitative estimate of drug-likeness (QED) is 0.801. The Balaban J connectivity index is 1.46. The molecule has 2 aromatic heterocycles. The van der Waals surface area contributed by atoms with Crippen LogP contribution in [0.5, 0.6) is 0 Å². The van der Waals surface area contributed by atoms with Crippen LogP contribution in [0.1, 0.15) is 22.6 Å². The zero-order valence-corrected chi connectivity index (χ0v) is 15.0. The molecule has 1 atom stereocenters. The molecule has 8 nitrogen and oxygen atoms in total. The highest BCUT2D eigenvalue weighted by molar-refractivity contribution is 5.93. The van der Waals surface area contributed by atoms with Gasteiger partial charge in [-0.1, -0.05) is 0 Å². The molecule has 138 valence electrons. The molecule has 0 radical (unpaired) electrons. The summed E-state index contributed by atoms with van der Waals surface area (Å²) in [5.41, 5.74) is 0.567. The molecule has 2 aliphatic rings. The third kappa shape index (κ3) is 3.47. The van der Waals surface area contributed by atoms with Gasteiger partial charge in [0, 0.05) is 44.5 Å². The molecule has 2 aliphatic heterocycles. The van der Waals surface area contributed by atoms with Crippen molar-refractivity contribution in [3.63, 3.8) is 0 Å². The molecule has 2 saturated heterocycles. The van der Waals surface area contributed by atoms with E-state index in [4.69, 9.17) is 4.74 Å². The molecule has 0 aromatic carbocycles. The van der Waals surface area contributed by atoms with E-state index in [0.717, 1.165) is 31.9 Å². The van der Waals surface area contributed by atoms with Gasteiger partial charge in [0.05, 0.1) is 37.7 Å². The van der Waals surface area contributed by atoms with Crippen LogP contribution in [0.4, 0.5) is 0 Å². The van der Waals surface area contributed by atoms with Gasteiger partial charge in [0.25, 0.3) is 5.91 Å². The van der Waals surface area contributed by atoms with Gasteiger partial charge in [-0.05, 0) is 19.0 Å². The smallest absolute Gasteiger partial charge is 0.255 e. The van der Waals surface area contributed by atoms with E-state index in [-0.39, 0.29) is 11.3 Å². The monoisotopic (exact) mass is 356 g/mol. The maximum Gasteiger partial charge on any atom is 0.255 e. The number of hydrogen-bond acceptors (Lipinski definition) is 6. The third-order valence-corrected chi connectivity index (χ3v) is 5.36. The number of ether oxygens (including phenoxy) is 1. The molecule has 1 amide bonds. The van der Waals surface area contributed by atoms with Gasteiger partial charge in [-0.3, -0.25) is 9.69 Å². The predicted octanol–water partition coefficient (Wildman–Crippen LogP) is 0.575. The Morgan fingerprint density at radius 2 is 2.19 bits per heavy atom. The number of imidazole rings is 1. The molecule has 0 aliphatic carbocycles. The first-order valence-electron chi connectivity index (χ1n) is 8.98. The first-order valence-corrected chi connectivity index (χ1v) is 8.98. The second kappa shape index (κ2) is 7.13. The summed E-state index contributed by atoms with van der Waals surface area (Å²) in [4.78, 5) is 21.6. The Bertz CT molecular complexity index is 764. The molecule has 0 bridgehead atoms. The highest BCUT2D eigenvalue weighted by atomic mass is 16.5. The van der Waals surface area contributed by atoms with E-state index in [1.54, 1.807) is 12.3 Å². The number of hydrogen-bond donors (Lipinski definition) is 0. The lowest BCUT2D eigenvalue weighted by atomic mass is 9.87. The summed E-state index contributed by atoms with van der Waals surface area (Å²) in [5.74, 6) is 1.07. The largest absolute Gasteiger partial charge is 0.379 e. The highest BCUT2D eigenvalue weighted by Crippen LogP contribution is 2.34. The van der Waals surface area contributed by atoms with Crippen molar-refractivity contribution in [1.82, 2.24) is 29.5 Å². The number of aromatic nitrogens is 4. The van der Waals surface area contributed by atoms with Gasteiger partial charge in [0.15, 0.2) is 0 Å². The maximum atomic E-state index is 12.9. The number of amides is 1. The Morgan fingerprint density at radius 1 is 1.27 bits per heavy atom. The van der Waals surface area contributed by atoms with Crippen LogP contribution in [0.2, 0.25) is 0 Å². The standard InChI is InChI=1S/C18H24N6O2/c1-22-7-5-19-16(22)11-23-6-3-18(12-23)13-24(8-9-26-14-18)17(25)15-2-4-20-21-10-15/h2,4-5,7,10H,3,6,8-9,11-14H2,1H3. The van der Waals surface area contributed by atoms with Gasteiger partial charge in [-0.15, -0.1) is 0 Å². The van der Waals surface area contributed by atoms with Crippen molar-refractivity contribution in [2.24, 2.45) is 12.5 Å². The fourth-order valence-electron chi connectivity index (χ4n) is 3.92. The van der Waals surface area contributed by atoms with Gasteiger partial charge >= 0.3 is 0 Å². The van der Waals surface area contributed by atoms with Crippen molar-refractivity contribution < 1.29 is 9.53 Å². The molecule has 0 N–H and O–H groups in total. The van der Waals surface area contributed by atoms with Crippen LogP contribution in [-0.4, -0.2) is 74.8 Å². The predicted molar refractivity (Wildman–Crippen MR) is 94.3 cm³/mol. The average Bonchev–Trinajstić information content (AvgIpc) is 3.17. The van der Waals surface area contributed by atoms with Crippen LogP contribution in [0, 0.1) is 5.41 Å². The molecular weight excluding hydrogens is 332 g/mol. The second-order valence-corrected chi connectivity index (χ2v) is 7.33. The van der Waals surface area contributed by atoms with Crippen molar-refractivity contribution in [2.75, 3.05) is 39.4 Å². The zero-order chi connectivity index (χ0) is 18.0. The summed E-state index contributed by atoms with van der Waals surface area (Å²) in [5, 5.41) is 7.58. The minimum Gasteiger partial charge on any atom is -0.379 e. The van der Waals surface area contributed by atoms with Crippen LogP contribution in [0.3, 0.4) is 0 Å². The fraction of sp³-hybridized carbons (Fsp3) is 0.556. The molecule has 0 saturated carbocycles. The Kier molecular flexibility index (Phi) is 4.69. The first-order chi connectivity index (χ1) is 12.7. The topological polar surface area (TPSA) is 76.4 Å². The molecule has 2 fully saturated rings. The van der Waals surface area contributed by atoms with E-state index < -0.39 is 0 Å². The lowest BCUT2D eigenvalue weighted by Crippen LogP contribution is -2.43. The summed E-state index contributed by atoms with van der Waals surface area (Å²) in [6, 6.07) is 1.72. The minimum atomic E-state index is -0.0161. The number of carbonyl (C=O) groups is 1. The third-order valence-electron chi connectivity index (χ3n) is 5.36. The van der Waals surface area contributed by atoms with E-state index >= 15 is 0 Å². The van der Waals surface area contributed by atoms with Crippen molar-refractivity contribution >= 4 is 5.91 Å². The lowest BCUT2D eigenvalue weighted by molar-refractivity contribution is 0.0642. The maximum absolute atomic E-state index is 12.9. The molecule has 4 rings (SSSR count). The average molecular weight is 356 g/mol. The van der Waals surface area contributed by atoms with Gasteiger partial charge in [-0.25, -0.2) is 4.98 Å². The Labute approximate surface area is 152 Å². The van der Waals surface area contributed by atoms with Gasteiger partial charge < -0.3 is 14.2 Å². The van der Waals surface area contributed by atoms with Crippen LogP contribution < -0.4 is 0 Å². The molecule has 1 spiro atoms. The van der Waals surface area contributed by atoms with Crippen LogP contribution >= 0.6 is 0 Å². The molecule has 8 heteroatoms. The van der Waals surface area contributed by atoms with E-state index in [1.807, 2.05) is 24.3 Å². The summed E-state index contributed by atoms with van der Waals surface area (Å²) >= 11 is 0. The van der Waals surface area contributed by atoms with E-state index in [2.05, 4.69) is 24.6 Å². The van der Waals surface area contributed by atoms with Crippen molar-refractivity contribution in [2.45, 2.75) is 13.0 Å². The van der Waals surface area contributed by atoms with Crippen molar-refractivity contribution in [3.05, 3.63) is 42.2 Å². The van der Waals surface area contributed by atoms with Gasteiger partial charge in [0.2, 0.25) is 0 Å². The SMILES string of the molecule is Cn1ccnc1CN1CCC2(COCCN(C(=O)c3ccnnc3)C2)C1. The Hall–Kier alpha value is -2.32. The number of likely N-dealkylation sites (tertiary alicyclic amines) is 1. The molecular formula is C18H24N6O2. The summed E-state index contributed by atoms with van der Waals surface area (Å²) in [7, 11) is 2.02. The van der Waals surface area contributed by atoms with E-state index in [0.29, 0.717) is 31.9 Å². The minimum absolute atomic E-state index is 0.00678. The van der Waals surface area contributed by atoms with Crippen LogP contribution in [-0.2, 0) is 18.3 Å². The van der Waals surface area contributed by atoms with Gasteiger partial charge in [0.1, 0.15) is 5.82 Å². The summed E-state index contributed by atoms with van der Waals surface area (Å²) < 4.78 is 7.94. The van der Waals surface area contributed by atoms with E-state index in [9.17, 15) is 4.79 Å². The molecule has 2 aromatic rings. The molecule has 1 unspecified atom stereocenters. The number of nitrogens with zero attached hydrogens (tertiary/aromatic N) is 6. The normalized spacial score (nSPS) is 24.1. The molecule has 26 heavy (non-hydrogen) atoms. The Morgan fingerprint density at radius 3 is 2.96 bits per heavy atom.